The maximum Gasteiger partial charge on any atom is 0.272 e. The number of hydrogen-bond donors (Lipinski definition) is 2. The Bertz CT molecular complexity index is 797. The number of nitrogens with zero attached hydrogens (tertiary/aromatic N) is 3. The topological polar surface area (TPSA) is 116 Å². The molecule has 1 amide bonds. The van der Waals surface area contributed by atoms with E-state index in [1.165, 1.54) is 6.07 Å². The highest BCUT2D eigenvalue weighted by atomic mass is 16.6. The van der Waals surface area contributed by atoms with E-state index >= 15 is 0 Å². The Kier molecular flexibility index (Phi) is 3.83. The molecule has 120 valence electrons. The largest absolute Gasteiger partial charge is 0.368 e. The van der Waals surface area contributed by atoms with E-state index < -0.39 is 10.8 Å². The van der Waals surface area contributed by atoms with E-state index in [9.17, 15) is 14.9 Å². The van der Waals surface area contributed by atoms with E-state index in [4.69, 9.17) is 5.73 Å². The van der Waals surface area contributed by atoms with Crippen LogP contribution in [0.15, 0.2) is 18.2 Å². The number of nitro benzene ring substituents is 1. The summed E-state index contributed by atoms with van der Waals surface area (Å²) in [5, 5.41) is 18.9. The summed E-state index contributed by atoms with van der Waals surface area (Å²) in [6.45, 7) is 3.13. The molecular weight excluding hydrogens is 298 g/mol. The molecule has 0 fully saturated rings. The molecule has 1 aliphatic rings. The minimum Gasteiger partial charge on any atom is -0.368 e. The van der Waals surface area contributed by atoms with Gasteiger partial charge in [-0.2, -0.15) is 5.10 Å². The summed E-state index contributed by atoms with van der Waals surface area (Å²) < 4.78 is 1.62. The van der Waals surface area contributed by atoms with Crippen LogP contribution >= 0.6 is 0 Å². The summed E-state index contributed by atoms with van der Waals surface area (Å²) in [4.78, 5) is 22.0. The van der Waals surface area contributed by atoms with E-state index in [1.807, 2.05) is 6.07 Å². The minimum atomic E-state index is -0.462. The normalized spacial score (nSPS) is 13.6. The average Bonchev–Trinajstić information content (AvgIpc) is 2.85. The molecule has 0 bridgehead atoms. The van der Waals surface area contributed by atoms with Crippen molar-refractivity contribution in [1.82, 2.24) is 15.1 Å². The molecule has 3 rings (SSSR count). The van der Waals surface area contributed by atoms with Crippen molar-refractivity contribution >= 4 is 11.6 Å². The number of carbonyl (C=O) groups excluding carboxylic acids is 1. The minimum absolute atomic E-state index is 0.0102. The molecule has 8 heteroatoms. The van der Waals surface area contributed by atoms with Gasteiger partial charge >= 0.3 is 0 Å². The molecule has 0 radical (unpaired) electrons. The second-order valence-electron chi connectivity index (χ2n) is 5.53. The highest BCUT2D eigenvalue weighted by molar-refractivity contribution is 5.75. The number of benzene rings is 1. The molecule has 8 nitrogen and oxygen atoms in total. The van der Waals surface area contributed by atoms with Crippen molar-refractivity contribution in [3.05, 3.63) is 45.1 Å². The Hall–Kier alpha value is -2.74. The van der Waals surface area contributed by atoms with Crippen molar-refractivity contribution in [1.29, 1.82) is 0 Å². The van der Waals surface area contributed by atoms with E-state index in [2.05, 4.69) is 10.4 Å². The lowest BCUT2D eigenvalue weighted by Crippen LogP contribution is -2.27. The summed E-state index contributed by atoms with van der Waals surface area (Å²) in [5.41, 5.74) is 9.24. The average molecular weight is 315 g/mol. The molecule has 3 N–H and O–H groups in total. The predicted octanol–water partition coefficient (Wildman–Crippen LogP) is 0.898. The molecule has 23 heavy (non-hydrogen) atoms. The molecule has 0 unspecified atom stereocenters. The monoisotopic (exact) mass is 315 g/mol. The van der Waals surface area contributed by atoms with E-state index in [0.717, 1.165) is 24.2 Å². The number of primary amides is 1. The maximum absolute atomic E-state index is 11.3. The number of hydrogen-bond acceptors (Lipinski definition) is 5. The zero-order valence-corrected chi connectivity index (χ0v) is 12.7. The van der Waals surface area contributed by atoms with Crippen LogP contribution in [0.5, 0.6) is 0 Å². The molecule has 0 saturated heterocycles. The van der Waals surface area contributed by atoms with E-state index in [-0.39, 0.29) is 12.2 Å². The third-order valence-corrected chi connectivity index (χ3v) is 4.07. The first-order chi connectivity index (χ1) is 11.0. The van der Waals surface area contributed by atoms with Crippen LogP contribution in [0.1, 0.15) is 16.8 Å². The van der Waals surface area contributed by atoms with Crippen molar-refractivity contribution in [2.75, 3.05) is 6.54 Å². The lowest BCUT2D eigenvalue weighted by atomic mass is 9.98. The summed E-state index contributed by atoms with van der Waals surface area (Å²) in [5.74, 6) is -0.462. The third-order valence-electron chi connectivity index (χ3n) is 4.07. The fourth-order valence-corrected chi connectivity index (χ4v) is 2.99. The predicted molar refractivity (Wildman–Crippen MR) is 83.7 cm³/mol. The number of nitrogens with two attached hydrogens (primary N) is 1. The van der Waals surface area contributed by atoms with Gasteiger partial charge in [0.15, 0.2) is 0 Å². The molecule has 1 aliphatic heterocycles. The van der Waals surface area contributed by atoms with Gasteiger partial charge in [0.25, 0.3) is 5.69 Å². The first-order valence-electron chi connectivity index (χ1n) is 7.31. The van der Waals surface area contributed by atoms with E-state index in [1.54, 1.807) is 17.7 Å². The number of amides is 1. The molecular formula is C15H17N5O3. The van der Waals surface area contributed by atoms with Gasteiger partial charge in [0, 0.05) is 48.0 Å². The maximum atomic E-state index is 11.3. The van der Waals surface area contributed by atoms with Crippen LogP contribution in [0.4, 0.5) is 5.69 Å². The highest BCUT2D eigenvalue weighted by Gasteiger charge is 2.25. The second kappa shape index (κ2) is 5.81. The van der Waals surface area contributed by atoms with Crippen molar-refractivity contribution in [2.45, 2.75) is 26.4 Å². The Balaban J connectivity index is 2.17. The number of carbonyl (C=O) groups is 1. The van der Waals surface area contributed by atoms with Gasteiger partial charge in [-0.1, -0.05) is 12.1 Å². The van der Waals surface area contributed by atoms with Crippen LogP contribution in [0.25, 0.3) is 11.3 Å². The van der Waals surface area contributed by atoms with E-state index in [0.29, 0.717) is 23.4 Å². The quantitative estimate of drug-likeness (QED) is 0.642. The van der Waals surface area contributed by atoms with Crippen LogP contribution in [-0.4, -0.2) is 27.2 Å². The van der Waals surface area contributed by atoms with Gasteiger partial charge in [-0.15, -0.1) is 0 Å². The Morgan fingerprint density at radius 2 is 2.30 bits per heavy atom. The molecule has 1 aromatic carbocycles. The zero-order chi connectivity index (χ0) is 16.6. The number of nitro groups is 1. The number of rotatable bonds is 4. The fourth-order valence-electron chi connectivity index (χ4n) is 2.99. The Labute approximate surface area is 132 Å². The molecule has 0 atom stereocenters. The molecule has 0 saturated carbocycles. The van der Waals surface area contributed by atoms with Crippen LogP contribution in [0.3, 0.4) is 0 Å². The van der Waals surface area contributed by atoms with Gasteiger partial charge in [-0.3, -0.25) is 19.6 Å². The standard InChI is InChI=1S/C15H17N5O3/c1-9-10(3-2-4-12(9)20(22)23)15-11-7-17-6-5-13(11)19(18-15)8-14(16)21/h2-4,17H,5-8H2,1H3,(H2,16,21). The van der Waals surface area contributed by atoms with Crippen molar-refractivity contribution in [3.63, 3.8) is 0 Å². The van der Waals surface area contributed by atoms with Crippen molar-refractivity contribution in [2.24, 2.45) is 5.73 Å². The lowest BCUT2D eigenvalue weighted by molar-refractivity contribution is -0.385. The van der Waals surface area contributed by atoms with Crippen LogP contribution in [-0.2, 0) is 24.3 Å². The lowest BCUT2D eigenvalue weighted by Gasteiger charge is -2.15. The van der Waals surface area contributed by atoms with Crippen LogP contribution < -0.4 is 11.1 Å². The first-order valence-corrected chi connectivity index (χ1v) is 7.31. The van der Waals surface area contributed by atoms with Crippen LogP contribution in [0.2, 0.25) is 0 Å². The van der Waals surface area contributed by atoms with Gasteiger partial charge in [0.1, 0.15) is 6.54 Å². The summed E-state index contributed by atoms with van der Waals surface area (Å²) in [6.07, 6.45) is 0.740. The third kappa shape index (κ3) is 2.68. The highest BCUT2D eigenvalue weighted by Crippen LogP contribution is 2.33. The molecule has 2 heterocycles. The molecule has 0 aliphatic carbocycles. The molecule has 2 aromatic rings. The fraction of sp³-hybridized carbons (Fsp3) is 0.333. The molecule has 0 spiro atoms. The summed E-state index contributed by atoms with van der Waals surface area (Å²) in [7, 11) is 0. The summed E-state index contributed by atoms with van der Waals surface area (Å²) >= 11 is 0. The van der Waals surface area contributed by atoms with Crippen LogP contribution in [0, 0.1) is 17.0 Å². The van der Waals surface area contributed by atoms with Crippen molar-refractivity contribution < 1.29 is 9.72 Å². The SMILES string of the molecule is Cc1c(-c2nn(CC(N)=O)c3c2CNCC3)cccc1[N+](=O)[O-]. The van der Waals surface area contributed by atoms with Gasteiger partial charge in [-0.25, -0.2) is 0 Å². The van der Waals surface area contributed by atoms with Gasteiger partial charge in [-0.05, 0) is 6.92 Å². The molecule has 1 aromatic heterocycles. The summed E-state index contributed by atoms with van der Waals surface area (Å²) in [6, 6.07) is 4.94. The smallest absolute Gasteiger partial charge is 0.272 e. The second-order valence-corrected chi connectivity index (χ2v) is 5.53. The number of fused-ring (bicyclic) bond motifs is 1. The van der Waals surface area contributed by atoms with Crippen molar-refractivity contribution in [3.8, 4) is 11.3 Å². The Morgan fingerprint density at radius 3 is 3.00 bits per heavy atom. The van der Waals surface area contributed by atoms with Gasteiger partial charge in [0.05, 0.1) is 10.6 Å². The van der Waals surface area contributed by atoms with Gasteiger partial charge in [0.2, 0.25) is 5.91 Å². The zero-order valence-electron chi connectivity index (χ0n) is 12.7. The Morgan fingerprint density at radius 1 is 1.52 bits per heavy atom. The first kappa shape index (κ1) is 15.2. The van der Waals surface area contributed by atoms with Gasteiger partial charge < -0.3 is 11.1 Å². The number of aromatic nitrogens is 2. The number of nitrogens with one attached hydrogen (secondary N) is 1.